The first-order valence-electron chi connectivity index (χ1n) is 9.12. The van der Waals surface area contributed by atoms with Gasteiger partial charge in [0.2, 0.25) is 0 Å². The van der Waals surface area contributed by atoms with E-state index in [1.165, 1.54) is 0 Å². The fourth-order valence-electron chi connectivity index (χ4n) is 3.42. The smallest absolute Gasteiger partial charge is 0.141 e. The topological polar surface area (TPSA) is 73.1 Å². The van der Waals surface area contributed by atoms with Gasteiger partial charge in [-0.25, -0.2) is 0 Å². The number of carbonyl (C=O) groups excluding carboxylic acids is 1. The molecular formula is C20H23N5O2. The molecular weight excluding hydrogens is 342 g/mol. The normalized spacial score (nSPS) is 18.1. The van der Waals surface area contributed by atoms with Crippen molar-refractivity contribution in [2.24, 2.45) is 7.05 Å². The predicted molar refractivity (Wildman–Crippen MR) is 102 cm³/mol. The second-order valence-corrected chi connectivity index (χ2v) is 7.17. The number of rotatable bonds is 5. The van der Waals surface area contributed by atoms with E-state index in [1.807, 2.05) is 31.7 Å². The Morgan fingerprint density at radius 3 is 2.85 bits per heavy atom. The monoisotopic (exact) mass is 365 g/mol. The van der Waals surface area contributed by atoms with Crippen LogP contribution in [0.2, 0.25) is 0 Å². The van der Waals surface area contributed by atoms with Crippen LogP contribution in [0.3, 0.4) is 0 Å². The van der Waals surface area contributed by atoms with Crippen molar-refractivity contribution in [3.8, 4) is 11.1 Å². The second-order valence-electron chi connectivity index (χ2n) is 7.17. The van der Waals surface area contributed by atoms with Gasteiger partial charge in [-0.15, -0.1) is 0 Å². The van der Waals surface area contributed by atoms with E-state index in [0.29, 0.717) is 19.4 Å². The number of hydrogen-bond donors (Lipinski definition) is 0. The van der Waals surface area contributed by atoms with Crippen LogP contribution in [0, 0.1) is 0 Å². The van der Waals surface area contributed by atoms with Crippen LogP contribution in [-0.4, -0.2) is 63.3 Å². The van der Waals surface area contributed by atoms with Crippen molar-refractivity contribution >= 4 is 16.7 Å². The highest BCUT2D eigenvalue weighted by Crippen LogP contribution is 2.22. The Labute approximate surface area is 158 Å². The molecule has 140 valence electrons. The fraction of sp³-hybridized carbons (Fsp3) is 0.400. The summed E-state index contributed by atoms with van der Waals surface area (Å²) in [5.74, 6) is 0.151. The Morgan fingerprint density at radius 2 is 2.07 bits per heavy atom. The van der Waals surface area contributed by atoms with Crippen LogP contribution in [0.5, 0.6) is 0 Å². The summed E-state index contributed by atoms with van der Waals surface area (Å²) in [4.78, 5) is 23.5. The SMILES string of the molecule is CN1CCOC(CC(=O)Cc2cc3cc(-c4cnn(C)c4)cnc3cn2)C1. The van der Waals surface area contributed by atoms with Crippen molar-refractivity contribution in [3.63, 3.8) is 0 Å². The van der Waals surface area contributed by atoms with Gasteiger partial charge in [0.25, 0.3) is 0 Å². The highest BCUT2D eigenvalue weighted by Gasteiger charge is 2.21. The Hall–Kier alpha value is -2.64. The van der Waals surface area contributed by atoms with Gasteiger partial charge >= 0.3 is 0 Å². The summed E-state index contributed by atoms with van der Waals surface area (Å²) < 4.78 is 7.46. The first kappa shape index (κ1) is 17.8. The van der Waals surface area contributed by atoms with Crippen molar-refractivity contribution in [2.75, 3.05) is 26.7 Å². The lowest BCUT2D eigenvalue weighted by molar-refractivity contribution is -0.123. The number of ketones is 1. The Bertz CT molecular complexity index is 968. The van der Waals surface area contributed by atoms with Gasteiger partial charge in [0, 0.05) is 67.6 Å². The average Bonchev–Trinajstić information content (AvgIpc) is 3.07. The molecule has 7 heteroatoms. The molecule has 0 saturated carbocycles. The van der Waals surface area contributed by atoms with E-state index >= 15 is 0 Å². The van der Waals surface area contributed by atoms with Gasteiger partial charge in [-0.1, -0.05) is 0 Å². The summed E-state index contributed by atoms with van der Waals surface area (Å²) >= 11 is 0. The van der Waals surface area contributed by atoms with Gasteiger partial charge < -0.3 is 9.64 Å². The number of fused-ring (bicyclic) bond motifs is 1. The van der Waals surface area contributed by atoms with E-state index in [1.54, 1.807) is 10.9 Å². The molecule has 3 aromatic heterocycles. The molecule has 27 heavy (non-hydrogen) atoms. The minimum Gasteiger partial charge on any atom is -0.375 e. The number of aromatic nitrogens is 4. The maximum atomic E-state index is 12.4. The van der Waals surface area contributed by atoms with Gasteiger partial charge in [-0.05, 0) is 19.2 Å². The van der Waals surface area contributed by atoms with Crippen molar-refractivity contribution in [1.82, 2.24) is 24.6 Å². The molecule has 1 aliphatic rings. The van der Waals surface area contributed by atoms with Crippen molar-refractivity contribution < 1.29 is 9.53 Å². The Balaban J connectivity index is 1.49. The third-order valence-electron chi connectivity index (χ3n) is 4.84. The molecule has 0 radical (unpaired) electrons. The number of pyridine rings is 2. The number of aryl methyl sites for hydroxylation is 1. The molecule has 4 rings (SSSR count). The summed E-state index contributed by atoms with van der Waals surface area (Å²) in [7, 11) is 3.94. The second kappa shape index (κ2) is 7.54. The number of Topliss-reactive ketones (excluding diaryl/α,β-unsaturated/α-hetero) is 1. The van der Waals surface area contributed by atoms with E-state index in [9.17, 15) is 4.79 Å². The van der Waals surface area contributed by atoms with E-state index in [-0.39, 0.29) is 11.9 Å². The number of carbonyl (C=O) groups is 1. The van der Waals surface area contributed by atoms with Crippen LogP contribution in [0.25, 0.3) is 22.0 Å². The van der Waals surface area contributed by atoms with Gasteiger partial charge in [0.05, 0.1) is 30.6 Å². The van der Waals surface area contributed by atoms with Crippen LogP contribution < -0.4 is 0 Å². The zero-order chi connectivity index (χ0) is 18.8. The van der Waals surface area contributed by atoms with Gasteiger partial charge in [0.1, 0.15) is 5.78 Å². The van der Waals surface area contributed by atoms with Gasteiger partial charge in [0.15, 0.2) is 0 Å². The predicted octanol–water partition coefficient (Wildman–Crippen LogP) is 1.86. The summed E-state index contributed by atoms with van der Waals surface area (Å²) in [5, 5.41) is 5.18. The third kappa shape index (κ3) is 4.20. The highest BCUT2D eigenvalue weighted by atomic mass is 16.5. The first-order valence-corrected chi connectivity index (χ1v) is 9.12. The minimum absolute atomic E-state index is 0.0180. The molecule has 3 aromatic rings. The number of likely N-dealkylation sites (N-methyl/N-ethyl adjacent to an activating group) is 1. The molecule has 1 aliphatic heterocycles. The summed E-state index contributed by atoms with van der Waals surface area (Å²) in [6.45, 7) is 2.41. The van der Waals surface area contributed by atoms with Gasteiger partial charge in [-0.2, -0.15) is 5.10 Å². The number of nitrogens with zero attached hydrogens (tertiary/aromatic N) is 5. The molecule has 0 N–H and O–H groups in total. The molecule has 0 amide bonds. The van der Waals surface area contributed by atoms with Crippen LogP contribution >= 0.6 is 0 Å². The maximum Gasteiger partial charge on any atom is 0.141 e. The van der Waals surface area contributed by atoms with Crippen LogP contribution in [0.1, 0.15) is 12.1 Å². The van der Waals surface area contributed by atoms with E-state index in [4.69, 9.17) is 4.74 Å². The lowest BCUT2D eigenvalue weighted by atomic mass is 10.0. The van der Waals surface area contributed by atoms with Crippen molar-refractivity contribution in [3.05, 3.63) is 42.6 Å². The molecule has 1 atom stereocenters. The summed E-state index contributed by atoms with van der Waals surface area (Å²) in [6.07, 6.45) is 8.05. The number of ether oxygens (including phenoxy) is 1. The zero-order valence-corrected chi connectivity index (χ0v) is 15.6. The minimum atomic E-state index is -0.0180. The molecule has 0 spiro atoms. The molecule has 0 bridgehead atoms. The molecule has 0 aromatic carbocycles. The lowest BCUT2D eigenvalue weighted by Crippen LogP contribution is -2.41. The van der Waals surface area contributed by atoms with Gasteiger partial charge in [-0.3, -0.25) is 19.4 Å². The van der Waals surface area contributed by atoms with E-state index in [2.05, 4.69) is 33.1 Å². The van der Waals surface area contributed by atoms with Crippen molar-refractivity contribution in [2.45, 2.75) is 18.9 Å². The average molecular weight is 365 g/mol. The standard InChI is InChI=1S/C20H23N5O2/c1-24-3-4-27-19(13-24)8-18(26)7-17-6-14-5-15(9-22-20(14)11-21-17)16-10-23-25(2)12-16/h5-6,9-12,19H,3-4,7-8,13H2,1-2H3. The van der Waals surface area contributed by atoms with Crippen LogP contribution in [0.15, 0.2) is 36.9 Å². The van der Waals surface area contributed by atoms with Crippen LogP contribution in [0.4, 0.5) is 0 Å². The molecule has 4 heterocycles. The Kier molecular flexibility index (Phi) is 4.96. The quantitative estimate of drug-likeness (QED) is 0.687. The summed E-state index contributed by atoms with van der Waals surface area (Å²) in [5.41, 5.74) is 3.59. The molecule has 1 saturated heterocycles. The largest absolute Gasteiger partial charge is 0.375 e. The highest BCUT2D eigenvalue weighted by molar-refractivity contribution is 5.85. The molecule has 0 aliphatic carbocycles. The molecule has 1 fully saturated rings. The fourth-order valence-corrected chi connectivity index (χ4v) is 3.42. The Morgan fingerprint density at radius 1 is 1.19 bits per heavy atom. The summed E-state index contributed by atoms with van der Waals surface area (Å²) in [6, 6.07) is 4.02. The van der Waals surface area contributed by atoms with E-state index in [0.717, 1.165) is 40.8 Å². The number of hydrogen-bond acceptors (Lipinski definition) is 6. The van der Waals surface area contributed by atoms with Crippen LogP contribution in [-0.2, 0) is 23.0 Å². The maximum absolute atomic E-state index is 12.4. The zero-order valence-electron chi connectivity index (χ0n) is 15.6. The first-order chi connectivity index (χ1) is 13.1. The third-order valence-corrected chi connectivity index (χ3v) is 4.84. The van der Waals surface area contributed by atoms with Crippen molar-refractivity contribution in [1.29, 1.82) is 0 Å². The number of morpholine rings is 1. The molecule has 1 unspecified atom stereocenters. The van der Waals surface area contributed by atoms with E-state index < -0.39 is 0 Å². The molecule has 7 nitrogen and oxygen atoms in total. The lowest BCUT2D eigenvalue weighted by Gasteiger charge is -2.29.